The summed E-state index contributed by atoms with van der Waals surface area (Å²) in [5.41, 5.74) is 4.82. The highest BCUT2D eigenvalue weighted by Crippen LogP contribution is 2.24. The molecule has 2 aromatic rings. The second kappa shape index (κ2) is 5.04. The van der Waals surface area contributed by atoms with Gasteiger partial charge in [-0.15, -0.1) is 0 Å². The van der Waals surface area contributed by atoms with Crippen molar-refractivity contribution in [1.29, 1.82) is 0 Å². The van der Waals surface area contributed by atoms with Gasteiger partial charge < -0.3 is 5.32 Å². The molecule has 0 atom stereocenters. The van der Waals surface area contributed by atoms with Crippen LogP contribution in [0.5, 0.6) is 0 Å². The zero-order valence-electron chi connectivity index (χ0n) is 10.2. The third-order valence-corrected chi connectivity index (χ3v) is 3.84. The minimum Gasteiger partial charge on any atom is -0.340 e. The predicted octanol–water partition coefficient (Wildman–Crippen LogP) is 4.36. The third-order valence-electron chi connectivity index (χ3n) is 2.68. The van der Waals surface area contributed by atoms with Gasteiger partial charge in [-0.2, -0.15) is 0 Å². The summed E-state index contributed by atoms with van der Waals surface area (Å²) < 4.78 is 1.29. The number of benzene rings is 1. The fourth-order valence-electron chi connectivity index (χ4n) is 1.60. The maximum absolute atomic E-state index is 4.35. The molecule has 0 radical (unpaired) electrons. The van der Waals surface area contributed by atoms with Crippen LogP contribution in [0, 0.1) is 24.3 Å². The molecule has 0 fully saturated rings. The summed E-state index contributed by atoms with van der Waals surface area (Å²) in [6.07, 6.45) is 1.87. The fourth-order valence-corrected chi connectivity index (χ4v) is 2.22. The molecule has 88 valence electrons. The molecule has 17 heavy (non-hydrogen) atoms. The Morgan fingerprint density at radius 3 is 2.47 bits per heavy atom. The Labute approximate surface area is 116 Å². The van der Waals surface area contributed by atoms with E-state index >= 15 is 0 Å². The number of anilines is 2. The maximum Gasteiger partial charge on any atom is 0.130 e. The average Bonchev–Trinajstić information content (AvgIpc) is 2.29. The standard InChI is InChI=1S/C14H15IN2/c1-9-4-5-14(16-8-9)17-13-7-10(2)12(15)6-11(13)3/h4-8H,1-3H3,(H,16,17). The van der Waals surface area contributed by atoms with Crippen molar-refractivity contribution in [3.63, 3.8) is 0 Å². The predicted molar refractivity (Wildman–Crippen MR) is 80.9 cm³/mol. The molecule has 0 aliphatic rings. The van der Waals surface area contributed by atoms with E-state index in [1.165, 1.54) is 20.3 Å². The zero-order valence-corrected chi connectivity index (χ0v) is 12.4. The third kappa shape index (κ3) is 2.97. The fraction of sp³-hybridized carbons (Fsp3) is 0.214. The van der Waals surface area contributed by atoms with Gasteiger partial charge >= 0.3 is 0 Å². The Kier molecular flexibility index (Phi) is 3.66. The van der Waals surface area contributed by atoms with Crippen LogP contribution >= 0.6 is 22.6 Å². The van der Waals surface area contributed by atoms with Gasteiger partial charge in [0.2, 0.25) is 0 Å². The lowest BCUT2D eigenvalue weighted by Gasteiger charge is -2.11. The number of halogens is 1. The summed E-state index contributed by atoms with van der Waals surface area (Å²) in [6.45, 7) is 6.27. The summed E-state index contributed by atoms with van der Waals surface area (Å²) in [7, 11) is 0. The van der Waals surface area contributed by atoms with Crippen molar-refractivity contribution in [2.24, 2.45) is 0 Å². The van der Waals surface area contributed by atoms with Crippen molar-refractivity contribution in [2.75, 3.05) is 5.32 Å². The topological polar surface area (TPSA) is 24.9 Å². The molecule has 0 amide bonds. The van der Waals surface area contributed by atoms with Crippen LogP contribution in [0.4, 0.5) is 11.5 Å². The van der Waals surface area contributed by atoms with Crippen LogP contribution in [0.15, 0.2) is 30.5 Å². The Morgan fingerprint density at radius 1 is 1.06 bits per heavy atom. The van der Waals surface area contributed by atoms with E-state index in [1.54, 1.807) is 0 Å². The molecule has 0 saturated carbocycles. The van der Waals surface area contributed by atoms with Gasteiger partial charge in [-0.3, -0.25) is 0 Å². The molecular weight excluding hydrogens is 323 g/mol. The van der Waals surface area contributed by atoms with Gasteiger partial charge in [0.25, 0.3) is 0 Å². The number of rotatable bonds is 2. The van der Waals surface area contributed by atoms with Gasteiger partial charge in [0.1, 0.15) is 5.82 Å². The van der Waals surface area contributed by atoms with E-state index in [0.29, 0.717) is 0 Å². The van der Waals surface area contributed by atoms with E-state index in [1.807, 2.05) is 19.2 Å². The Morgan fingerprint density at radius 2 is 1.82 bits per heavy atom. The van der Waals surface area contributed by atoms with E-state index in [-0.39, 0.29) is 0 Å². The first-order chi connectivity index (χ1) is 8.06. The molecule has 0 saturated heterocycles. The summed E-state index contributed by atoms with van der Waals surface area (Å²) in [5, 5.41) is 3.35. The first-order valence-electron chi connectivity index (χ1n) is 5.52. The molecule has 0 aliphatic carbocycles. The van der Waals surface area contributed by atoms with Crippen molar-refractivity contribution < 1.29 is 0 Å². The molecule has 0 bridgehead atoms. The summed E-state index contributed by atoms with van der Waals surface area (Å²) >= 11 is 2.36. The lowest BCUT2D eigenvalue weighted by Crippen LogP contribution is -1.97. The SMILES string of the molecule is Cc1ccc(Nc2cc(C)c(I)cc2C)nc1. The van der Waals surface area contributed by atoms with Crippen molar-refractivity contribution in [3.05, 3.63) is 50.7 Å². The van der Waals surface area contributed by atoms with Crippen LogP contribution in [0.1, 0.15) is 16.7 Å². The number of aryl methyl sites for hydroxylation is 3. The molecule has 1 N–H and O–H groups in total. The highest BCUT2D eigenvalue weighted by molar-refractivity contribution is 14.1. The number of nitrogens with one attached hydrogen (secondary N) is 1. The Bertz CT molecular complexity index is 533. The van der Waals surface area contributed by atoms with Gasteiger partial charge in [-0.1, -0.05) is 6.07 Å². The minimum atomic E-state index is 0.888. The first kappa shape index (κ1) is 12.4. The van der Waals surface area contributed by atoms with Crippen molar-refractivity contribution in [3.8, 4) is 0 Å². The number of hydrogen-bond donors (Lipinski definition) is 1. The minimum absolute atomic E-state index is 0.888. The van der Waals surface area contributed by atoms with Gasteiger partial charge in [0.15, 0.2) is 0 Å². The molecule has 0 spiro atoms. The van der Waals surface area contributed by atoms with Gasteiger partial charge in [-0.05, 0) is 78.3 Å². The summed E-state index contributed by atoms with van der Waals surface area (Å²) in [6, 6.07) is 8.41. The van der Waals surface area contributed by atoms with Crippen molar-refractivity contribution >= 4 is 34.1 Å². The molecule has 1 aromatic carbocycles. The first-order valence-corrected chi connectivity index (χ1v) is 6.60. The molecule has 1 aromatic heterocycles. The van der Waals surface area contributed by atoms with Gasteiger partial charge in [0, 0.05) is 15.5 Å². The Hall–Kier alpha value is -1.10. The summed E-state index contributed by atoms with van der Waals surface area (Å²) in [5.74, 6) is 0.888. The van der Waals surface area contributed by atoms with Crippen LogP contribution < -0.4 is 5.32 Å². The quantitative estimate of drug-likeness (QED) is 0.824. The van der Waals surface area contributed by atoms with E-state index in [2.05, 4.69) is 64.9 Å². The van der Waals surface area contributed by atoms with E-state index in [4.69, 9.17) is 0 Å². The molecule has 2 rings (SSSR count). The highest BCUT2D eigenvalue weighted by Gasteiger charge is 2.03. The molecule has 2 nitrogen and oxygen atoms in total. The number of hydrogen-bond acceptors (Lipinski definition) is 2. The second-order valence-electron chi connectivity index (χ2n) is 4.26. The van der Waals surface area contributed by atoms with E-state index < -0.39 is 0 Å². The smallest absolute Gasteiger partial charge is 0.130 e. The van der Waals surface area contributed by atoms with Crippen LogP contribution in [0.25, 0.3) is 0 Å². The number of pyridine rings is 1. The molecule has 0 unspecified atom stereocenters. The molecule has 0 aliphatic heterocycles. The lowest BCUT2D eigenvalue weighted by molar-refractivity contribution is 1.25. The zero-order chi connectivity index (χ0) is 12.4. The van der Waals surface area contributed by atoms with Crippen LogP contribution in [-0.4, -0.2) is 4.98 Å². The van der Waals surface area contributed by atoms with E-state index in [0.717, 1.165) is 11.5 Å². The molecular formula is C14H15IN2. The number of aromatic nitrogens is 1. The largest absolute Gasteiger partial charge is 0.340 e. The van der Waals surface area contributed by atoms with Gasteiger partial charge in [-0.25, -0.2) is 4.98 Å². The maximum atomic E-state index is 4.35. The van der Waals surface area contributed by atoms with Crippen LogP contribution in [0.3, 0.4) is 0 Å². The Balaban J connectivity index is 2.30. The van der Waals surface area contributed by atoms with Gasteiger partial charge in [0.05, 0.1) is 0 Å². The van der Waals surface area contributed by atoms with Crippen LogP contribution in [-0.2, 0) is 0 Å². The lowest BCUT2D eigenvalue weighted by atomic mass is 10.1. The molecule has 3 heteroatoms. The van der Waals surface area contributed by atoms with Crippen molar-refractivity contribution in [1.82, 2.24) is 4.98 Å². The van der Waals surface area contributed by atoms with E-state index in [9.17, 15) is 0 Å². The number of nitrogens with zero attached hydrogens (tertiary/aromatic N) is 1. The van der Waals surface area contributed by atoms with Crippen molar-refractivity contribution in [2.45, 2.75) is 20.8 Å². The monoisotopic (exact) mass is 338 g/mol. The average molecular weight is 338 g/mol. The highest BCUT2D eigenvalue weighted by atomic mass is 127. The second-order valence-corrected chi connectivity index (χ2v) is 5.42. The molecule has 1 heterocycles. The van der Waals surface area contributed by atoms with Crippen LogP contribution in [0.2, 0.25) is 0 Å². The summed E-state index contributed by atoms with van der Waals surface area (Å²) in [4.78, 5) is 4.35. The normalized spacial score (nSPS) is 10.4.